The van der Waals surface area contributed by atoms with E-state index in [-0.39, 0.29) is 25.0 Å². The summed E-state index contributed by atoms with van der Waals surface area (Å²) in [6, 6.07) is -0.291. The van der Waals surface area contributed by atoms with Crippen LogP contribution in [0.25, 0.3) is 0 Å². The number of hydrogen-bond donors (Lipinski definition) is 2. The highest BCUT2D eigenvalue weighted by molar-refractivity contribution is 5.85. The van der Waals surface area contributed by atoms with Gasteiger partial charge in [-0.3, -0.25) is 9.59 Å². The number of carbonyl (C=O) groups excluding carboxylic acids is 2. The van der Waals surface area contributed by atoms with Crippen LogP contribution in [0.2, 0.25) is 0 Å². The summed E-state index contributed by atoms with van der Waals surface area (Å²) in [6.07, 6.45) is 1.80. The highest BCUT2D eigenvalue weighted by Crippen LogP contribution is 2.35. The van der Waals surface area contributed by atoms with E-state index in [0.29, 0.717) is 25.9 Å². The zero-order valence-electron chi connectivity index (χ0n) is 13.0. The Hall–Kier alpha value is -1.79. The number of likely N-dealkylation sites (N-methyl/N-ethyl adjacent to an activating group) is 2. The lowest BCUT2D eigenvalue weighted by Gasteiger charge is -2.27. The number of nitrogens with one attached hydrogen (secondary N) is 1. The van der Waals surface area contributed by atoms with Crippen LogP contribution in [0.4, 0.5) is 4.79 Å². The van der Waals surface area contributed by atoms with Gasteiger partial charge in [0.25, 0.3) is 0 Å². The van der Waals surface area contributed by atoms with Crippen molar-refractivity contribution in [1.82, 2.24) is 15.1 Å². The lowest BCUT2D eigenvalue weighted by molar-refractivity contribution is -0.148. The number of nitrogens with zero attached hydrogens (tertiary/aromatic N) is 2. The van der Waals surface area contributed by atoms with Crippen molar-refractivity contribution in [1.29, 1.82) is 0 Å². The van der Waals surface area contributed by atoms with E-state index in [1.54, 1.807) is 7.05 Å². The number of urea groups is 1. The molecule has 0 aromatic rings. The number of carboxylic acid groups (broad SMARTS) is 1. The summed E-state index contributed by atoms with van der Waals surface area (Å²) in [7, 11) is 1.55. The number of amides is 3. The highest BCUT2D eigenvalue weighted by Gasteiger charge is 2.45. The average Bonchev–Trinajstić information content (AvgIpc) is 2.84. The van der Waals surface area contributed by atoms with Gasteiger partial charge in [-0.25, -0.2) is 4.79 Å². The van der Waals surface area contributed by atoms with Crippen molar-refractivity contribution in [2.75, 3.05) is 33.2 Å². The molecule has 120 valence electrons. The molecule has 3 amide bonds. The molecule has 1 aliphatic rings. The third-order valence-electron chi connectivity index (χ3n) is 3.89. The van der Waals surface area contributed by atoms with Crippen LogP contribution in [0.1, 0.15) is 33.1 Å². The van der Waals surface area contributed by atoms with E-state index in [0.717, 1.165) is 6.42 Å². The lowest BCUT2D eigenvalue weighted by Crippen LogP contribution is -2.46. The van der Waals surface area contributed by atoms with Gasteiger partial charge in [-0.1, -0.05) is 13.3 Å². The predicted molar refractivity (Wildman–Crippen MR) is 77.9 cm³/mol. The van der Waals surface area contributed by atoms with Crippen molar-refractivity contribution < 1.29 is 19.5 Å². The molecule has 1 fully saturated rings. The molecule has 0 bridgehead atoms. The number of likely N-dealkylation sites (tertiary alicyclic amines) is 1. The summed E-state index contributed by atoms with van der Waals surface area (Å²) in [5.41, 5.74) is -0.836. The zero-order valence-corrected chi connectivity index (χ0v) is 13.0. The minimum Gasteiger partial charge on any atom is -0.481 e. The molecule has 7 nitrogen and oxygen atoms in total. The minimum atomic E-state index is -0.842. The fourth-order valence-corrected chi connectivity index (χ4v) is 2.78. The van der Waals surface area contributed by atoms with E-state index in [4.69, 9.17) is 0 Å². The van der Waals surface area contributed by atoms with E-state index in [1.165, 1.54) is 9.80 Å². The quantitative estimate of drug-likeness (QED) is 0.757. The smallest absolute Gasteiger partial charge is 0.320 e. The Kier molecular flexibility index (Phi) is 5.99. The molecule has 1 unspecified atom stereocenters. The van der Waals surface area contributed by atoms with Crippen LogP contribution < -0.4 is 5.32 Å². The molecule has 0 radical (unpaired) electrons. The van der Waals surface area contributed by atoms with Crippen LogP contribution in [-0.4, -0.2) is 66.0 Å². The van der Waals surface area contributed by atoms with Crippen molar-refractivity contribution in [3.63, 3.8) is 0 Å². The molecular weight excluding hydrogens is 274 g/mol. The molecule has 1 atom stereocenters. The van der Waals surface area contributed by atoms with Crippen LogP contribution in [0.5, 0.6) is 0 Å². The van der Waals surface area contributed by atoms with Gasteiger partial charge in [-0.2, -0.15) is 0 Å². The Morgan fingerprint density at radius 2 is 2.00 bits per heavy atom. The first-order valence-corrected chi connectivity index (χ1v) is 7.36. The topological polar surface area (TPSA) is 90.0 Å². The van der Waals surface area contributed by atoms with Crippen LogP contribution in [-0.2, 0) is 9.59 Å². The molecule has 7 heteroatoms. The molecule has 1 aliphatic heterocycles. The molecule has 1 rings (SSSR count). The predicted octanol–water partition coefficient (Wildman–Crippen LogP) is 0.751. The minimum absolute atomic E-state index is 0.0168. The third-order valence-corrected chi connectivity index (χ3v) is 3.89. The van der Waals surface area contributed by atoms with E-state index in [2.05, 4.69) is 5.32 Å². The van der Waals surface area contributed by atoms with Gasteiger partial charge in [-0.05, 0) is 19.8 Å². The second-order valence-electron chi connectivity index (χ2n) is 5.60. The van der Waals surface area contributed by atoms with Gasteiger partial charge >= 0.3 is 12.0 Å². The molecule has 2 N–H and O–H groups in total. The monoisotopic (exact) mass is 299 g/mol. The highest BCUT2D eigenvalue weighted by atomic mass is 16.4. The molecule has 1 saturated heterocycles. The van der Waals surface area contributed by atoms with Crippen molar-refractivity contribution in [2.45, 2.75) is 33.1 Å². The molecule has 0 saturated carbocycles. The number of rotatable bonds is 6. The fourth-order valence-electron chi connectivity index (χ4n) is 2.78. The second kappa shape index (κ2) is 7.28. The average molecular weight is 299 g/mol. The van der Waals surface area contributed by atoms with E-state index >= 15 is 0 Å². The van der Waals surface area contributed by atoms with Crippen LogP contribution >= 0.6 is 0 Å². The van der Waals surface area contributed by atoms with Gasteiger partial charge in [0.05, 0.1) is 5.41 Å². The second-order valence-corrected chi connectivity index (χ2v) is 5.60. The number of carbonyl (C=O) groups is 3. The Bertz CT molecular complexity index is 413. The summed E-state index contributed by atoms with van der Waals surface area (Å²) >= 11 is 0. The molecular formula is C14H25N3O4. The lowest BCUT2D eigenvalue weighted by atomic mass is 9.83. The Labute approximate surface area is 125 Å². The van der Waals surface area contributed by atoms with Crippen molar-refractivity contribution in [3.05, 3.63) is 0 Å². The number of hydrogen-bond acceptors (Lipinski definition) is 3. The third kappa shape index (κ3) is 4.09. The maximum Gasteiger partial charge on any atom is 0.320 e. The Balaban J connectivity index is 2.64. The van der Waals surface area contributed by atoms with E-state index < -0.39 is 11.4 Å². The molecule has 0 aliphatic carbocycles. The molecule has 0 spiro atoms. The van der Waals surface area contributed by atoms with Crippen molar-refractivity contribution in [2.24, 2.45) is 5.41 Å². The maximum atomic E-state index is 12.3. The van der Waals surface area contributed by atoms with Crippen molar-refractivity contribution in [3.8, 4) is 0 Å². The number of aliphatic carboxylic acids is 1. The van der Waals surface area contributed by atoms with Gasteiger partial charge in [-0.15, -0.1) is 0 Å². The molecule has 0 aromatic heterocycles. The summed E-state index contributed by atoms with van der Waals surface area (Å²) < 4.78 is 0. The first-order chi connectivity index (χ1) is 9.86. The SMILES string of the molecule is CCCC1(C(=O)O)CCN(C(=O)N(C)CC(=O)NCC)C1. The van der Waals surface area contributed by atoms with E-state index in [9.17, 15) is 19.5 Å². The van der Waals surface area contributed by atoms with Crippen LogP contribution in [0.15, 0.2) is 0 Å². The van der Waals surface area contributed by atoms with Gasteiger partial charge < -0.3 is 20.2 Å². The van der Waals surface area contributed by atoms with Crippen LogP contribution in [0, 0.1) is 5.41 Å². The largest absolute Gasteiger partial charge is 0.481 e. The van der Waals surface area contributed by atoms with Gasteiger partial charge in [0.15, 0.2) is 0 Å². The first-order valence-electron chi connectivity index (χ1n) is 7.36. The zero-order chi connectivity index (χ0) is 16.0. The van der Waals surface area contributed by atoms with Crippen molar-refractivity contribution >= 4 is 17.9 Å². The fraction of sp³-hybridized carbons (Fsp3) is 0.786. The van der Waals surface area contributed by atoms with Gasteiger partial charge in [0.2, 0.25) is 5.91 Å². The maximum absolute atomic E-state index is 12.3. The summed E-state index contributed by atoms with van der Waals surface area (Å²) in [5, 5.41) is 12.1. The van der Waals surface area contributed by atoms with Gasteiger partial charge in [0.1, 0.15) is 6.54 Å². The molecule has 1 heterocycles. The Morgan fingerprint density at radius 1 is 1.33 bits per heavy atom. The van der Waals surface area contributed by atoms with Gasteiger partial charge in [0, 0.05) is 26.7 Å². The summed E-state index contributed by atoms with van der Waals surface area (Å²) in [4.78, 5) is 38.1. The summed E-state index contributed by atoms with van der Waals surface area (Å²) in [5.74, 6) is -1.06. The summed E-state index contributed by atoms with van der Waals surface area (Å²) in [6.45, 7) is 4.89. The molecule has 0 aromatic carbocycles. The normalized spacial score (nSPS) is 21.2. The number of carboxylic acids is 1. The Morgan fingerprint density at radius 3 is 2.52 bits per heavy atom. The first kappa shape index (κ1) is 17.3. The van der Waals surface area contributed by atoms with Crippen LogP contribution in [0.3, 0.4) is 0 Å². The van der Waals surface area contributed by atoms with E-state index in [1.807, 2.05) is 13.8 Å². The molecule has 21 heavy (non-hydrogen) atoms. The standard InChI is InChI=1S/C14H25N3O4/c1-4-6-14(12(19)20)7-8-17(10-14)13(21)16(3)9-11(18)15-5-2/h4-10H2,1-3H3,(H,15,18)(H,19,20).